The van der Waals surface area contributed by atoms with E-state index in [2.05, 4.69) is 18.7 Å². The van der Waals surface area contributed by atoms with E-state index in [1.54, 1.807) is 0 Å². The minimum atomic E-state index is -1.99. The van der Waals surface area contributed by atoms with Gasteiger partial charge in [-0.2, -0.15) is 0 Å². The predicted molar refractivity (Wildman–Crippen MR) is 81.7 cm³/mol. The molecule has 112 valence electrons. The van der Waals surface area contributed by atoms with Crippen LogP contribution >= 0.6 is 0 Å². The number of hydrogen-bond donors (Lipinski definition) is 0. The fourth-order valence-electron chi connectivity index (χ4n) is 1.74. The minimum absolute atomic E-state index is 0. The van der Waals surface area contributed by atoms with E-state index in [-0.39, 0.29) is 37.2 Å². The van der Waals surface area contributed by atoms with Gasteiger partial charge >= 0.3 is 25.6 Å². The van der Waals surface area contributed by atoms with Crippen LogP contribution in [-0.2, 0) is 14.0 Å². The summed E-state index contributed by atoms with van der Waals surface area (Å²) in [5, 5.41) is 0. The van der Waals surface area contributed by atoms with E-state index < -0.39 is 6.75 Å². The molecule has 0 heterocycles. The van der Waals surface area contributed by atoms with Crippen LogP contribution in [0.5, 0.6) is 0 Å². The van der Waals surface area contributed by atoms with Crippen LogP contribution in [0.1, 0.15) is 67.7 Å². The summed E-state index contributed by atoms with van der Waals surface area (Å²) < 4.78 is 17.7. The molecule has 0 aromatic rings. The Hall–Kier alpha value is 0.102. The van der Waals surface area contributed by atoms with Crippen molar-refractivity contribution in [2.45, 2.75) is 86.0 Å². The third-order valence-corrected chi connectivity index (χ3v) is 2.29. The maximum atomic E-state index is 5.88. The molecule has 3 nitrogen and oxygen atoms in total. The molecule has 0 radical (unpaired) electrons. The van der Waals surface area contributed by atoms with Gasteiger partial charge < -0.3 is 14.0 Å². The summed E-state index contributed by atoms with van der Waals surface area (Å²) in [6.45, 7) is 12.0. The average molecular weight is 276 g/mol. The molecule has 0 bridgehead atoms. The third-order valence-electron chi connectivity index (χ3n) is 2.29. The van der Waals surface area contributed by atoms with Gasteiger partial charge in [0, 0.05) is 24.7 Å². The van der Waals surface area contributed by atoms with Crippen molar-refractivity contribution in [1.82, 2.24) is 0 Å². The van der Waals surface area contributed by atoms with Crippen LogP contribution in [0.15, 0.2) is 0 Å². The van der Waals surface area contributed by atoms with Crippen molar-refractivity contribution in [3.63, 3.8) is 0 Å². The molecule has 0 saturated heterocycles. The summed E-state index contributed by atoms with van der Waals surface area (Å²) in [4.78, 5) is 0. The molecule has 0 aromatic carbocycles. The summed E-state index contributed by atoms with van der Waals surface area (Å²) >= 11 is 0. The Morgan fingerprint density at radius 3 is 1.55 bits per heavy atom. The largest absolute Gasteiger partial charge is 1.00 e. The molecule has 0 aromatic heterocycles. The normalized spacial score (nSPS) is 11.5. The van der Waals surface area contributed by atoms with Gasteiger partial charge in [0.25, 0.3) is 0 Å². The van der Waals surface area contributed by atoms with E-state index in [1.807, 2.05) is 41.5 Å². The quantitative estimate of drug-likeness (QED) is 0.375. The van der Waals surface area contributed by atoms with E-state index in [0.717, 1.165) is 19.3 Å². The second-order valence-corrected chi connectivity index (χ2v) is 5.62. The monoisotopic (exact) mass is 276 g/mol. The molecule has 0 N–H and O–H groups in total. The maximum Gasteiger partial charge on any atom is 1.00 e. The van der Waals surface area contributed by atoms with Crippen molar-refractivity contribution in [1.29, 1.82) is 0 Å². The van der Waals surface area contributed by atoms with Crippen molar-refractivity contribution in [3.8, 4) is 11.7 Å². The Morgan fingerprint density at radius 2 is 1.25 bits per heavy atom. The van der Waals surface area contributed by atoms with Gasteiger partial charge in [-0.3, -0.25) is 0 Å². The maximum absolute atomic E-state index is 5.88. The van der Waals surface area contributed by atoms with Crippen molar-refractivity contribution >= 4 is 6.75 Å². The SMILES string of the molecule is CCCCC#C[B-](OC(C)C)(OC(C)C)OC(C)C.[Li+]. The molecule has 0 amide bonds. The van der Waals surface area contributed by atoms with Crippen LogP contribution in [0.2, 0.25) is 0 Å². The van der Waals surface area contributed by atoms with Crippen molar-refractivity contribution in [2.24, 2.45) is 0 Å². The van der Waals surface area contributed by atoms with Gasteiger partial charge in [-0.05, 0) is 48.0 Å². The van der Waals surface area contributed by atoms with Gasteiger partial charge in [0.15, 0.2) is 0 Å². The molecule has 0 fully saturated rings. The molecule has 0 saturated carbocycles. The summed E-state index contributed by atoms with van der Waals surface area (Å²) in [6, 6.07) is 0. The minimum Gasteiger partial charge on any atom is -0.532 e. The zero-order chi connectivity index (χ0) is 14.9. The molecular weight excluding hydrogens is 246 g/mol. The summed E-state index contributed by atoms with van der Waals surface area (Å²) in [5.74, 6) is 6.25. The number of hydrogen-bond acceptors (Lipinski definition) is 3. The Balaban J connectivity index is 0. The summed E-state index contributed by atoms with van der Waals surface area (Å²) in [7, 11) is 0. The standard InChI is InChI=1S/C15H30BO3.Li/c1-8-9-10-11-12-16(17-13(2)3,18-14(4)5)19-15(6)7;/h13-15H,8-10H2,1-7H3;/q-1;+1. The topological polar surface area (TPSA) is 27.7 Å². The fourth-order valence-corrected chi connectivity index (χ4v) is 1.74. The molecule has 20 heavy (non-hydrogen) atoms. The first-order valence-electron chi connectivity index (χ1n) is 7.48. The first-order chi connectivity index (χ1) is 8.81. The van der Waals surface area contributed by atoms with E-state index in [4.69, 9.17) is 14.0 Å². The molecule has 0 spiro atoms. The zero-order valence-corrected chi connectivity index (χ0v) is 14.7. The number of rotatable bonds is 8. The van der Waals surface area contributed by atoms with Gasteiger partial charge in [-0.1, -0.05) is 13.3 Å². The van der Waals surface area contributed by atoms with Crippen LogP contribution < -0.4 is 18.9 Å². The van der Waals surface area contributed by atoms with E-state index in [1.165, 1.54) is 0 Å². The molecule has 0 rings (SSSR count). The number of unbranched alkanes of at least 4 members (excludes halogenated alkanes) is 2. The molecule has 0 aliphatic rings. The van der Waals surface area contributed by atoms with Crippen LogP contribution in [0.4, 0.5) is 0 Å². The Kier molecular flexibility index (Phi) is 13.1. The summed E-state index contributed by atoms with van der Waals surface area (Å²) in [5.41, 5.74) is 0. The van der Waals surface area contributed by atoms with Crippen molar-refractivity contribution in [3.05, 3.63) is 0 Å². The summed E-state index contributed by atoms with van der Waals surface area (Å²) in [6.07, 6.45) is 3.11. The van der Waals surface area contributed by atoms with Crippen molar-refractivity contribution < 1.29 is 32.8 Å². The van der Waals surface area contributed by atoms with Gasteiger partial charge in [-0.15, -0.1) is 5.92 Å². The van der Waals surface area contributed by atoms with E-state index in [9.17, 15) is 0 Å². The molecule has 0 unspecified atom stereocenters. The Morgan fingerprint density at radius 1 is 0.850 bits per heavy atom. The second kappa shape index (κ2) is 11.7. The zero-order valence-electron chi connectivity index (χ0n) is 14.7. The van der Waals surface area contributed by atoms with Gasteiger partial charge in [-0.25, -0.2) is 5.82 Å². The molecule has 0 aliphatic carbocycles. The van der Waals surface area contributed by atoms with Gasteiger partial charge in [0.1, 0.15) is 0 Å². The molecule has 5 heteroatoms. The van der Waals surface area contributed by atoms with E-state index in [0.29, 0.717) is 0 Å². The van der Waals surface area contributed by atoms with Crippen LogP contribution in [0.25, 0.3) is 0 Å². The Bertz CT molecular complexity index is 269. The van der Waals surface area contributed by atoms with Gasteiger partial charge in [0.05, 0.1) is 0 Å². The van der Waals surface area contributed by atoms with Gasteiger partial charge in [0.2, 0.25) is 0 Å². The first kappa shape index (κ1) is 22.4. The molecular formula is C15H30BLiO3. The smallest absolute Gasteiger partial charge is 0.532 e. The molecule has 0 aliphatic heterocycles. The third kappa shape index (κ3) is 10.8. The second-order valence-electron chi connectivity index (χ2n) is 5.62. The van der Waals surface area contributed by atoms with Crippen LogP contribution in [-0.4, -0.2) is 25.1 Å². The fraction of sp³-hybridized carbons (Fsp3) is 0.867. The Labute approximate surface area is 137 Å². The van der Waals surface area contributed by atoms with Crippen LogP contribution in [0.3, 0.4) is 0 Å². The van der Waals surface area contributed by atoms with Crippen LogP contribution in [0, 0.1) is 11.7 Å². The first-order valence-corrected chi connectivity index (χ1v) is 7.48. The molecule has 0 atom stereocenters. The predicted octanol–water partition coefficient (Wildman–Crippen LogP) is 0.937. The van der Waals surface area contributed by atoms with Crippen molar-refractivity contribution in [2.75, 3.05) is 0 Å². The average Bonchev–Trinajstić information content (AvgIpc) is 2.21. The van der Waals surface area contributed by atoms with E-state index >= 15 is 0 Å².